The van der Waals surface area contributed by atoms with Crippen molar-refractivity contribution < 1.29 is 23.8 Å². The van der Waals surface area contributed by atoms with Gasteiger partial charge in [0.1, 0.15) is 12.3 Å². The molecule has 7 heteroatoms. The Kier molecular flexibility index (Phi) is 5.49. The van der Waals surface area contributed by atoms with Crippen LogP contribution >= 0.6 is 0 Å². The predicted octanol–water partition coefficient (Wildman–Crippen LogP) is 3.19. The van der Waals surface area contributed by atoms with Crippen molar-refractivity contribution in [1.29, 1.82) is 0 Å². The molecule has 0 radical (unpaired) electrons. The van der Waals surface area contributed by atoms with Crippen molar-refractivity contribution in [3.63, 3.8) is 0 Å². The molecule has 0 aliphatic carbocycles. The number of nitrogens with one attached hydrogen (secondary N) is 1. The van der Waals surface area contributed by atoms with Gasteiger partial charge in [0.2, 0.25) is 18.6 Å². The molecule has 2 aromatic rings. The van der Waals surface area contributed by atoms with Gasteiger partial charge < -0.3 is 24.4 Å². The molecule has 0 saturated carbocycles. The minimum Gasteiger partial charge on any atom is -0.491 e. The fourth-order valence-electron chi connectivity index (χ4n) is 2.68. The van der Waals surface area contributed by atoms with Crippen molar-refractivity contribution in [1.82, 2.24) is 0 Å². The van der Waals surface area contributed by atoms with E-state index in [2.05, 4.69) is 5.32 Å². The average molecular weight is 370 g/mol. The van der Waals surface area contributed by atoms with E-state index >= 15 is 0 Å². The Labute approximate surface area is 157 Å². The number of nitrogens with zero attached hydrogens (tertiary/aromatic N) is 1. The van der Waals surface area contributed by atoms with Gasteiger partial charge in [0, 0.05) is 24.4 Å². The maximum atomic E-state index is 12.4. The number of hydrogen-bond acceptors (Lipinski definition) is 5. The van der Waals surface area contributed by atoms with E-state index in [0.29, 0.717) is 28.6 Å². The summed E-state index contributed by atoms with van der Waals surface area (Å²) in [7, 11) is 0. The maximum absolute atomic E-state index is 12.4. The number of rotatable bonds is 6. The quantitative estimate of drug-likeness (QED) is 0.845. The highest BCUT2D eigenvalue weighted by Crippen LogP contribution is 2.34. The first-order chi connectivity index (χ1) is 12.9. The summed E-state index contributed by atoms with van der Waals surface area (Å²) in [5, 5.41) is 2.77. The zero-order chi connectivity index (χ0) is 19.4. The minimum atomic E-state index is -0.313. The van der Waals surface area contributed by atoms with E-state index in [-0.39, 0.29) is 31.3 Å². The predicted molar refractivity (Wildman–Crippen MR) is 101 cm³/mol. The molecule has 1 aliphatic rings. The molecule has 1 aliphatic heterocycles. The maximum Gasteiger partial charge on any atom is 0.244 e. The van der Waals surface area contributed by atoms with Gasteiger partial charge in [-0.2, -0.15) is 0 Å². The monoisotopic (exact) mass is 370 g/mol. The van der Waals surface area contributed by atoms with Gasteiger partial charge in [-0.05, 0) is 50.2 Å². The lowest BCUT2D eigenvalue weighted by molar-refractivity contribution is -0.120. The molecule has 142 valence electrons. The lowest BCUT2D eigenvalue weighted by atomic mass is 10.2. The van der Waals surface area contributed by atoms with Crippen LogP contribution < -0.4 is 24.4 Å². The molecule has 0 saturated heterocycles. The van der Waals surface area contributed by atoms with Gasteiger partial charge in [0.25, 0.3) is 0 Å². The average Bonchev–Trinajstić information content (AvgIpc) is 3.07. The van der Waals surface area contributed by atoms with Crippen molar-refractivity contribution >= 4 is 23.2 Å². The van der Waals surface area contributed by atoms with Crippen LogP contribution in [0.4, 0.5) is 11.4 Å². The zero-order valence-corrected chi connectivity index (χ0v) is 15.5. The largest absolute Gasteiger partial charge is 0.491 e. The normalized spacial score (nSPS) is 12.0. The lowest BCUT2D eigenvalue weighted by Crippen LogP contribution is -2.36. The molecule has 0 atom stereocenters. The van der Waals surface area contributed by atoms with Crippen LogP contribution in [0.25, 0.3) is 0 Å². The van der Waals surface area contributed by atoms with E-state index < -0.39 is 0 Å². The summed E-state index contributed by atoms with van der Waals surface area (Å²) < 4.78 is 16.1. The standard InChI is InChI=1S/C20H22N2O5/c1-13(2)27-17-7-5-16(6-8-17)22(14(3)23)11-20(24)21-15-4-9-18-19(10-15)26-12-25-18/h4-10,13H,11-12H2,1-3H3,(H,21,24). The molecule has 0 unspecified atom stereocenters. The third kappa shape index (κ3) is 4.69. The summed E-state index contributed by atoms with van der Waals surface area (Å²) in [5.74, 6) is 1.39. The van der Waals surface area contributed by atoms with E-state index in [1.807, 2.05) is 13.8 Å². The fourth-order valence-corrected chi connectivity index (χ4v) is 2.68. The molecule has 0 fully saturated rings. The summed E-state index contributed by atoms with van der Waals surface area (Å²) in [5.41, 5.74) is 1.20. The molecule has 1 heterocycles. The first kappa shape index (κ1) is 18.6. The summed E-state index contributed by atoms with van der Waals surface area (Å²) in [6.07, 6.45) is 0.0623. The summed E-state index contributed by atoms with van der Waals surface area (Å²) in [6, 6.07) is 12.2. The van der Waals surface area contributed by atoms with Crippen molar-refractivity contribution in [3.8, 4) is 17.2 Å². The second-order valence-corrected chi connectivity index (χ2v) is 6.38. The summed E-state index contributed by atoms with van der Waals surface area (Å²) in [6.45, 7) is 5.37. The Morgan fingerprint density at radius 1 is 1.11 bits per heavy atom. The molecule has 27 heavy (non-hydrogen) atoms. The van der Waals surface area contributed by atoms with Crippen LogP contribution in [0.2, 0.25) is 0 Å². The molecule has 0 spiro atoms. The Morgan fingerprint density at radius 3 is 2.48 bits per heavy atom. The Bertz CT molecular complexity index is 833. The smallest absolute Gasteiger partial charge is 0.244 e. The minimum absolute atomic E-state index is 0.0623. The van der Waals surface area contributed by atoms with Crippen LogP contribution in [0.3, 0.4) is 0 Å². The zero-order valence-electron chi connectivity index (χ0n) is 15.5. The Hall–Kier alpha value is -3.22. The number of carbonyl (C=O) groups is 2. The molecule has 2 aromatic carbocycles. The highest BCUT2D eigenvalue weighted by Gasteiger charge is 2.18. The van der Waals surface area contributed by atoms with E-state index in [0.717, 1.165) is 0 Å². The summed E-state index contributed by atoms with van der Waals surface area (Å²) >= 11 is 0. The van der Waals surface area contributed by atoms with Crippen LogP contribution in [0.15, 0.2) is 42.5 Å². The van der Waals surface area contributed by atoms with E-state index in [9.17, 15) is 9.59 Å². The number of ether oxygens (including phenoxy) is 3. The van der Waals surface area contributed by atoms with Crippen molar-refractivity contribution in [2.45, 2.75) is 26.9 Å². The third-order valence-corrected chi connectivity index (χ3v) is 3.86. The highest BCUT2D eigenvalue weighted by atomic mass is 16.7. The summed E-state index contributed by atoms with van der Waals surface area (Å²) in [4.78, 5) is 25.8. The van der Waals surface area contributed by atoms with Crippen LogP contribution in [-0.4, -0.2) is 31.3 Å². The first-order valence-electron chi connectivity index (χ1n) is 8.66. The van der Waals surface area contributed by atoms with Gasteiger partial charge >= 0.3 is 0 Å². The van der Waals surface area contributed by atoms with Crippen molar-refractivity contribution in [2.24, 2.45) is 0 Å². The molecule has 0 bridgehead atoms. The lowest BCUT2D eigenvalue weighted by Gasteiger charge is -2.21. The molecule has 2 amide bonds. The van der Waals surface area contributed by atoms with E-state index in [1.165, 1.54) is 11.8 Å². The fraction of sp³-hybridized carbons (Fsp3) is 0.300. The topological polar surface area (TPSA) is 77.1 Å². The number of benzene rings is 2. The van der Waals surface area contributed by atoms with Crippen LogP contribution in [-0.2, 0) is 9.59 Å². The second-order valence-electron chi connectivity index (χ2n) is 6.38. The number of fused-ring (bicyclic) bond motifs is 1. The van der Waals surface area contributed by atoms with Crippen molar-refractivity contribution in [2.75, 3.05) is 23.6 Å². The number of carbonyl (C=O) groups excluding carboxylic acids is 2. The third-order valence-electron chi connectivity index (χ3n) is 3.86. The van der Waals surface area contributed by atoms with Gasteiger partial charge in [0.15, 0.2) is 11.5 Å². The molecule has 0 aromatic heterocycles. The van der Waals surface area contributed by atoms with Gasteiger partial charge in [-0.1, -0.05) is 0 Å². The van der Waals surface area contributed by atoms with E-state index in [4.69, 9.17) is 14.2 Å². The Morgan fingerprint density at radius 2 is 1.81 bits per heavy atom. The Balaban J connectivity index is 1.67. The molecule has 1 N–H and O–H groups in total. The molecular formula is C20H22N2O5. The molecule has 7 nitrogen and oxygen atoms in total. The van der Waals surface area contributed by atoms with Gasteiger partial charge in [-0.3, -0.25) is 9.59 Å². The highest BCUT2D eigenvalue weighted by molar-refractivity contribution is 6.01. The second kappa shape index (κ2) is 7.99. The molecule has 3 rings (SSSR count). The van der Waals surface area contributed by atoms with Gasteiger partial charge in [-0.15, -0.1) is 0 Å². The SMILES string of the molecule is CC(=O)N(CC(=O)Nc1ccc2c(c1)OCO2)c1ccc(OC(C)C)cc1. The van der Waals surface area contributed by atoms with Crippen LogP contribution in [0.1, 0.15) is 20.8 Å². The molecular weight excluding hydrogens is 348 g/mol. The number of amides is 2. The van der Waals surface area contributed by atoms with Crippen molar-refractivity contribution in [3.05, 3.63) is 42.5 Å². The van der Waals surface area contributed by atoms with E-state index in [1.54, 1.807) is 42.5 Å². The number of anilines is 2. The van der Waals surface area contributed by atoms with Gasteiger partial charge in [-0.25, -0.2) is 0 Å². The first-order valence-corrected chi connectivity index (χ1v) is 8.66. The van der Waals surface area contributed by atoms with Crippen LogP contribution in [0, 0.1) is 0 Å². The number of hydrogen-bond donors (Lipinski definition) is 1. The van der Waals surface area contributed by atoms with Gasteiger partial charge in [0.05, 0.1) is 6.10 Å². The van der Waals surface area contributed by atoms with Crippen LogP contribution in [0.5, 0.6) is 17.2 Å².